The average Bonchev–Trinajstić information content (AvgIpc) is 2.75. The highest BCUT2D eigenvalue weighted by Crippen LogP contribution is 2.28. The molecule has 0 bridgehead atoms. The first-order valence-electron chi connectivity index (χ1n) is 9.35. The molecule has 30 heavy (non-hydrogen) atoms. The number of anilines is 1. The first-order chi connectivity index (χ1) is 14.4. The van der Waals surface area contributed by atoms with Gasteiger partial charge < -0.3 is 9.80 Å². The largest absolute Gasteiger partial charge is 0.362 e. The first-order valence-corrected chi connectivity index (χ1v) is 9.35. The minimum Gasteiger partial charge on any atom is -0.362 e. The van der Waals surface area contributed by atoms with Crippen LogP contribution >= 0.6 is 0 Å². The third kappa shape index (κ3) is 3.71. The van der Waals surface area contributed by atoms with Crippen LogP contribution in [0.3, 0.4) is 0 Å². The minimum atomic E-state index is -0.486. The van der Waals surface area contributed by atoms with Crippen LogP contribution in [0.5, 0.6) is 0 Å². The number of hydrogen-bond acceptors (Lipinski definition) is 6. The Labute approximate surface area is 170 Å². The highest BCUT2D eigenvalue weighted by Gasteiger charge is 2.25. The second-order valence-electron chi connectivity index (χ2n) is 6.95. The van der Waals surface area contributed by atoms with Crippen molar-refractivity contribution in [1.82, 2.24) is 14.5 Å². The molecular formula is C20H18FN5O4. The van der Waals surface area contributed by atoms with Gasteiger partial charge >= 0.3 is 0 Å². The monoisotopic (exact) mass is 411 g/mol. The minimum absolute atomic E-state index is 0.0301. The van der Waals surface area contributed by atoms with Gasteiger partial charge in [-0.25, -0.2) is 9.37 Å². The Morgan fingerprint density at radius 2 is 1.87 bits per heavy atom. The van der Waals surface area contributed by atoms with E-state index in [0.29, 0.717) is 31.9 Å². The molecule has 2 aromatic carbocycles. The molecule has 1 amide bonds. The van der Waals surface area contributed by atoms with Gasteiger partial charge in [-0.3, -0.25) is 24.3 Å². The number of carbonyl (C=O) groups excluding carboxylic acids is 1. The topological polar surface area (TPSA) is 102 Å². The number of nitro groups is 1. The van der Waals surface area contributed by atoms with Crippen molar-refractivity contribution in [2.75, 3.05) is 31.1 Å². The quantitative estimate of drug-likeness (QED) is 0.479. The standard InChI is InChI=1S/C20H18FN5O4/c21-14-5-6-15-16(11-14)22-13-25(20(15)28)12-19(27)24-9-7-23(8-10-24)17-3-1-2-4-18(17)26(29)30/h1-6,11,13H,7-10,12H2. The van der Waals surface area contributed by atoms with Crippen LogP contribution in [-0.4, -0.2) is 51.5 Å². The molecule has 0 radical (unpaired) electrons. The molecule has 0 saturated carbocycles. The van der Waals surface area contributed by atoms with Gasteiger partial charge in [-0.2, -0.15) is 0 Å². The molecule has 10 heteroatoms. The van der Waals surface area contributed by atoms with Gasteiger partial charge in [-0.05, 0) is 18.2 Å². The predicted octanol–water partition coefficient (Wildman–Crippen LogP) is 1.79. The molecule has 2 heterocycles. The summed E-state index contributed by atoms with van der Waals surface area (Å²) in [5.41, 5.74) is 0.382. The number of rotatable bonds is 4. The maximum Gasteiger partial charge on any atom is 0.292 e. The zero-order valence-corrected chi connectivity index (χ0v) is 15.9. The molecule has 0 aliphatic carbocycles. The maximum atomic E-state index is 13.3. The van der Waals surface area contributed by atoms with E-state index in [-0.39, 0.29) is 29.0 Å². The van der Waals surface area contributed by atoms with Gasteiger partial charge in [0.05, 0.1) is 22.2 Å². The number of aromatic nitrogens is 2. The highest BCUT2D eigenvalue weighted by molar-refractivity contribution is 5.79. The van der Waals surface area contributed by atoms with E-state index in [1.165, 1.54) is 35.2 Å². The maximum absolute atomic E-state index is 13.3. The number of fused-ring (bicyclic) bond motifs is 1. The van der Waals surface area contributed by atoms with Gasteiger partial charge in [-0.1, -0.05) is 12.1 Å². The SMILES string of the molecule is O=C(Cn1cnc2cc(F)ccc2c1=O)N1CCN(c2ccccc2[N+](=O)[O-])CC1. The van der Waals surface area contributed by atoms with Gasteiger partial charge in [0, 0.05) is 38.3 Å². The number of benzene rings is 2. The van der Waals surface area contributed by atoms with Crippen LogP contribution < -0.4 is 10.5 Å². The van der Waals surface area contributed by atoms with Gasteiger partial charge in [-0.15, -0.1) is 0 Å². The van der Waals surface area contributed by atoms with Crippen molar-refractivity contribution >= 4 is 28.2 Å². The van der Waals surface area contributed by atoms with E-state index in [4.69, 9.17) is 0 Å². The van der Waals surface area contributed by atoms with E-state index in [0.717, 1.165) is 0 Å². The summed E-state index contributed by atoms with van der Waals surface area (Å²) in [6, 6.07) is 10.2. The van der Waals surface area contributed by atoms with Crippen LogP contribution in [0.1, 0.15) is 0 Å². The van der Waals surface area contributed by atoms with E-state index in [1.54, 1.807) is 23.1 Å². The molecule has 154 valence electrons. The van der Waals surface area contributed by atoms with Crippen molar-refractivity contribution in [2.45, 2.75) is 6.54 Å². The van der Waals surface area contributed by atoms with Gasteiger partial charge in [0.25, 0.3) is 11.2 Å². The Kier molecular flexibility index (Phi) is 5.13. The lowest BCUT2D eigenvalue weighted by molar-refractivity contribution is -0.384. The molecular weight excluding hydrogens is 393 g/mol. The van der Waals surface area contributed by atoms with Crippen molar-refractivity contribution in [3.05, 3.63) is 75.1 Å². The fourth-order valence-electron chi connectivity index (χ4n) is 3.57. The van der Waals surface area contributed by atoms with Crippen molar-refractivity contribution in [1.29, 1.82) is 0 Å². The number of carbonyl (C=O) groups is 1. The van der Waals surface area contributed by atoms with E-state index in [9.17, 15) is 24.1 Å². The Morgan fingerprint density at radius 3 is 2.60 bits per heavy atom. The molecule has 4 rings (SSSR count). The second kappa shape index (κ2) is 7.90. The Hall–Kier alpha value is -3.82. The number of nitrogens with zero attached hydrogens (tertiary/aromatic N) is 5. The third-order valence-electron chi connectivity index (χ3n) is 5.14. The van der Waals surface area contributed by atoms with Crippen molar-refractivity contribution in [3.8, 4) is 0 Å². The predicted molar refractivity (Wildman–Crippen MR) is 108 cm³/mol. The summed E-state index contributed by atoms with van der Waals surface area (Å²) >= 11 is 0. The molecule has 3 aromatic rings. The molecule has 0 spiro atoms. The summed E-state index contributed by atoms with van der Waals surface area (Å²) in [5.74, 6) is -0.734. The highest BCUT2D eigenvalue weighted by atomic mass is 19.1. The van der Waals surface area contributed by atoms with Crippen molar-refractivity contribution < 1.29 is 14.1 Å². The van der Waals surface area contributed by atoms with E-state index < -0.39 is 16.3 Å². The first kappa shape index (κ1) is 19.5. The van der Waals surface area contributed by atoms with Crippen LogP contribution in [0.4, 0.5) is 15.8 Å². The zero-order valence-electron chi connectivity index (χ0n) is 15.9. The van der Waals surface area contributed by atoms with Crippen LogP contribution in [0, 0.1) is 15.9 Å². The van der Waals surface area contributed by atoms with Gasteiger partial charge in [0.2, 0.25) is 5.91 Å². The number of para-hydroxylation sites is 2. The summed E-state index contributed by atoms with van der Waals surface area (Å²) in [5, 5.41) is 11.5. The lowest BCUT2D eigenvalue weighted by Crippen LogP contribution is -2.50. The van der Waals surface area contributed by atoms with Gasteiger partial charge in [0.15, 0.2) is 0 Å². The van der Waals surface area contributed by atoms with E-state index in [2.05, 4.69) is 4.98 Å². The molecule has 1 aliphatic heterocycles. The van der Waals surface area contributed by atoms with Crippen LogP contribution in [0.2, 0.25) is 0 Å². The van der Waals surface area contributed by atoms with Crippen LogP contribution in [0.25, 0.3) is 10.9 Å². The number of piperazine rings is 1. The fraction of sp³-hybridized carbons (Fsp3) is 0.250. The fourth-order valence-corrected chi connectivity index (χ4v) is 3.57. The summed E-state index contributed by atoms with van der Waals surface area (Å²) in [4.78, 5) is 43.6. The lowest BCUT2D eigenvalue weighted by Gasteiger charge is -2.35. The van der Waals surface area contributed by atoms with E-state index in [1.807, 2.05) is 4.90 Å². The Morgan fingerprint density at radius 1 is 1.13 bits per heavy atom. The van der Waals surface area contributed by atoms with Crippen molar-refractivity contribution in [2.24, 2.45) is 0 Å². The lowest BCUT2D eigenvalue weighted by atomic mass is 10.2. The van der Waals surface area contributed by atoms with Crippen LogP contribution in [-0.2, 0) is 11.3 Å². The molecule has 0 N–H and O–H groups in total. The number of amides is 1. The third-order valence-corrected chi connectivity index (χ3v) is 5.14. The Bertz CT molecular complexity index is 1190. The normalized spacial score (nSPS) is 14.2. The summed E-state index contributed by atoms with van der Waals surface area (Å²) in [6.45, 7) is 1.48. The number of hydrogen-bond donors (Lipinski definition) is 0. The summed E-state index contributed by atoms with van der Waals surface area (Å²) in [6.07, 6.45) is 1.24. The van der Waals surface area contributed by atoms with Gasteiger partial charge in [0.1, 0.15) is 18.0 Å². The molecule has 1 saturated heterocycles. The van der Waals surface area contributed by atoms with E-state index >= 15 is 0 Å². The summed E-state index contributed by atoms with van der Waals surface area (Å²) in [7, 11) is 0. The Balaban J connectivity index is 1.45. The number of halogens is 1. The molecule has 1 fully saturated rings. The molecule has 0 atom stereocenters. The molecule has 9 nitrogen and oxygen atoms in total. The van der Waals surface area contributed by atoms with Crippen LogP contribution in [0.15, 0.2) is 53.6 Å². The smallest absolute Gasteiger partial charge is 0.292 e. The average molecular weight is 411 g/mol. The number of nitro benzene ring substituents is 1. The second-order valence-corrected chi connectivity index (χ2v) is 6.95. The molecule has 1 aromatic heterocycles. The molecule has 1 aliphatic rings. The van der Waals surface area contributed by atoms with Crippen molar-refractivity contribution in [3.63, 3.8) is 0 Å². The molecule has 0 unspecified atom stereocenters. The summed E-state index contributed by atoms with van der Waals surface area (Å²) < 4.78 is 14.5. The zero-order chi connectivity index (χ0) is 21.3.